The van der Waals surface area contributed by atoms with Crippen LogP contribution in [0.5, 0.6) is 0 Å². The maximum Gasteiger partial charge on any atom is 0.282 e. The van der Waals surface area contributed by atoms with Gasteiger partial charge in [-0.2, -0.15) is 0 Å². The molecular formula is C19H17N3O4. The summed E-state index contributed by atoms with van der Waals surface area (Å²) in [6.07, 6.45) is 1.72. The highest BCUT2D eigenvalue weighted by molar-refractivity contribution is 6.09. The average Bonchev–Trinajstić information content (AvgIpc) is 2.88. The standard InChI is InChI=1S/C19H17N3O4/c1-11-15-10-13(9-12-5-4-8-21(17(12)15)19(11)24)20-18(23)14-6-2-3-7-16(14)22(25)26/h2-3,6-7,9-11H,4-5,8H2,1H3,(H,20,23)/t11-/m0/s1. The number of nitro groups is 1. The second kappa shape index (κ2) is 5.94. The smallest absolute Gasteiger partial charge is 0.282 e. The predicted octanol–water partition coefficient (Wildman–Crippen LogP) is 3.24. The number of anilines is 2. The van der Waals surface area contributed by atoms with Crippen LogP contribution in [0.4, 0.5) is 17.1 Å². The first kappa shape index (κ1) is 16.3. The van der Waals surface area contributed by atoms with E-state index in [1.807, 2.05) is 17.9 Å². The van der Waals surface area contributed by atoms with Crippen LogP contribution in [0.1, 0.15) is 40.7 Å². The van der Waals surface area contributed by atoms with Crippen molar-refractivity contribution in [3.8, 4) is 0 Å². The number of carbonyl (C=O) groups is 2. The molecule has 7 nitrogen and oxygen atoms in total. The van der Waals surface area contributed by atoms with Crippen LogP contribution in [0, 0.1) is 10.1 Å². The summed E-state index contributed by atoms with van der Waals surface area (Å²) in [6, 6.07) is 9.52. The Hall–Kier alpha value is -3.22. The second-order valence-electron chi connectivity index (χ2n) is 6.62. The van der Waals surface area contributed by atoms with Crippen molar-refractivity contribution in [1.82, 2.24) is 0 Å². The van der Waals surface area contributed by atoms with Gasteiger partial charge in [-0.05, 0) is 49.1 Å². The molecule has 2 aromatic carbocycles. The summed E-state index contributed by atoms with van der Waals surface area (Å²) in [4.78, 5) is 37.4. The lowest BCUT2D eigenvalue weighted by Crippen LogP contribution is -2.32. The van der Waals surface area contributed by atoms with Gasteiger partial charge in [0, 0.05) is 18.3 Å². The van der Waals surface area contributed by atoms with Crippen LogP contribution in [-0.2, 0) is 11.2 Å². The van der Waals surface area contributed by atoms with E-state index in [4.69, 9.17) is 0 Å². The monoisotopic (exact) mass is 351 g/mol. The summed E-state index contributed by atoms with van der Waals surface area (Å²) < 4.78 is 0. The first-order chi connectivity index (χ1) is 12.5. The van der Waals surface area contributed by atoms with Gasteiger partial charge in [0.1, 0.15) is 5.56 Å². The van der Waals surface area contributed by atoms with Gasteiger partial charge in [-0.25, -0.2) is 0 Å². The Morgan fingerprint density at radius 1 is 1.31 bits per heavy atom. The lowest BCUT2D eigenvalue weighted by Gasteiger charge is -2.26. The minimum atomic E-state index is -0.569. The summed E-state index contributed by atoms with van der Waals surface area (Å²) in [5, 5.41) is 13.9. The SMILES string of the molecule is C[C@@H]1C(=O)N2CCCc3cc(NC(=O)c4ccccc4[N+](=O)[O-])cc1c32. The summed E-state index contributed by atoms with van der Waals surface area (Å²) in [6.45, 7) is 2.59. The topological polar surface area (TPSA) is 92.6 Å². The van der Waals surface area contributed by atoms with Gasteiger partial charge in [0.15, 0.2) is 0 Å². The maximum absolute atomic E-state index is 12.6. The molecule has 7 heteroatoms. The number of nitrogens with one attached hydrogen (secondary N) is 1. The van der Waals surface area contributed by atoms with Crippen LogP contribution in [0.25, 0.3) is 0 Å². The van der Waals surface area contributed by atoms with E-state index in [1.54, 1.807) is 12.1 Å². The van der Waals surface area contributed by atoms with Crippen molar-refractivity contribution in [1.29, 1.82) is 0 Å². The molecule has 132 valence electrons. The van der Waals surface area contributed by atoms with Gasteiger partial charge in [-0.1, -0.05) is 12.1 Å². The molecule has 0 radical (unpaired) electrons. The van der Waals surface area contributed by atoms with Crippen LogP contribution in [0.15, 0.2) is 36.4 Å². The maximum atomic E-state index is 12.6. The molecule has 2 aromatic rings. The lowest BCUT2D eigenvalue weighted by atomic mass is 9.96. The van der Waals surface area contributed by atoms with Gasteiger partial charge < -0.3 is 10.2 Å². The first-order valence-electron chi connectivity index (χ1n) is 8.50. The van der Waals surface area contributed by atoms with Crippen LogP contribution in [-0.4, -0.2) is 23.3 Å². The zero-order valence-electron chi connectivity index (χ0n) is 14.2. The van der Waals surface area contributed by atoms with E-state index < -0.39 is 10.8 Å². The molecule has 0 aliphatic carbocycles. The van der Waals surface area contributed by atoms with E-state index in [1.165, 1.54) is 18.2 Å². The molecule has 0 aromatic heterocycles. The molecule has 0 spiro atoms. The molecule has 0 fully saturated rings. The van der Waals surface area contributed by atoms with E-state index in [2.05, 4.69) is 5.32 Å². The number of para-hydroxylation sites is 1. The molecular weight excluding hydrogens is 334 g/mol. The number of rotatable bonds is 3. The number of amides is 2. The van der Waals surface area contributed by atoms with Gasteiger partial charge in [-0.3, -0.25) is 19.7 Å². The van der Waals surface area contributed by atoms with Crippen molar-refractivity contribution in [3.05, 3.63) is 63.2 Å². The summed E-state index contributed by atoms with van der Waals surface area (Å²) in [7, 11) is 0. The van der Waals surface area contributed by atoms with Crippen LogP contribution < -0.4 is 10.2 Å². The number of nitrogens with zero attached hydrogens (tertiary/aromatic N) is 2. The number of hydrogen-bond acceptors (Lipinski definition) is 4. The predicted molar refractivity (Wildman–Crippen MR) is 96.6 cm³/mol. The Balaban J connectivity index is 1.70. The third-order valence-electron chi connectivity index (χ3n) is 5.02. The number of carbonyl (C=O) groups excluding carboxylic acids is 2. The molecule has 2 aliphatic rings. The van der Waals surface area contributed by atoms with E-state index in [0.717, 1.165) is 36.2 Å². The molecule has 1 atom stereocenters. The summed E-state index contributed by atoms with van der Waals surface area (Å²) >= 11 is 0. The normalized spacial score (nSPS) is 17.8. The summed E-state index contributed by atoms with van der Waals surface area (Å²) in [5.74, 6) is -0.693. The Labute approximate surface area is 149 Å². The molecule has 26 heavy (non-hydrogen) atoms. The molecule has 4 rings (SSSR count). The van der Waals surface area contributed by atoms with E-state index >= 15 is 0 Å². The fraction of sp³-hybridized carbons (Fsp3) is 0.263. The van der Waals surface area contributed by atoms with Gasteiger partial charge >= 0.3 is 0 Å². The minimum Gasteiger partial charge on any atom is -0.322 e. The molecule has 2 amide bonds. The zero-order chi connectivity index (χ0) is 18.4. The lowest BCUT2D eigenvalue weighted by molar-refractivity contribution is -0.385. The molecule has 0 saturated carbocycles. The van der Waals surface area contributed by atoms with Gasteiger partial charge in [0.05, 0.1) is 16.5 Å². The largest absolute Gasteiger partial charge is 0.322 e. The first-order valence-corrected chi connectivity index (χ1v) is 8.50. The Kier molecular flexibility index (Phi) is 3.72. The fourth-order valence-electron chi connectivity index (χ4n) is 3.79. The van der Waals surface area contributed by atoms with E-state index in [-0.39, 0.29) is 23.1 Å². The number of nitro benzene ring substituents is 1. The minimum absolute atomic E-state index is 0.0115. The van der Waals surface area contributed by atoms with Crippen LogP contribution in [0.2, 0.25) is 0 Å². The third-order valence-corrected chi connectivity index (χ3v) is 5.02. The molecule has 2 aliphatic heterocycles. The highest BCUT2D eigenvalue weighted by Gasteiger charge is 2.38. The van der Waals surface area contributed by atoms with E-state index in [9.17, 15) is 19.7 Å². The Morgan fingerprint density at radius 3 is 2.85 bits per heavy atom. The zero-order valence-corrected chi connectivity index (χ0v) is 14.2. The van der Waals surface area contributed by atoms with Crippen molar-refractivity contribution >= 4 is 28.9 Å². The summed E-state index contributed by atoms with van der Waals surface area (Å²) in [5.41, 5.74) is 3.25. The van der Waals surface area contributed by atoms with Crippen molar-refractivity contribution in [2.24, 2.45) is 0 Å². The van der Waals surface area contributed by atoms with Crippen LogP contribution in [0.3, 0.4) is 0 Å². The van der Waals surface area contributed by atoms with Gasteiger partial charge in [-0.15, -0.1) is 0 Å². The Bertz CT molecular complexity index is 954. The van der Waals surface area contributed by atoms with Crippen LogP contribution >= 0.6 is 0 Å². The highest BCUT2D eigenvalue weighted by Crippen LogP contribution is 2.44. The number of aryl methyl sites for hydroxylation is 1. The number of benzene rings is 2. The molecule has 0 unspecified atom stereocenters. The van der Waals surface area contributed by atoms with Crippen molar-refractivity contribution in [2.45, 2.75) is 25.7 Å². The number of hydrogen-bond donors (Lipinski definition) is 1. The molecule has 0 bridgehead atoms. The van der Waals surface area contributed by atoms with Crippen molar-refractivity contribution < 1.29 is 14.5 Å². The molecule has 1 N–H and O–H groups in total. The van der Waals surface area contributed by atoms with E-state index in [0.29, 0.717) is 5.69 Å². The van der Waals surface area contributed by atoms with Crippen molar-refractivity contribution in [2.75, 3.05) is 16.8 Å². The Morgan fingerprint density at radius 2 is 2.08 bits per heavy atom. The second-order valence-corrected chi connectivity index (χ2v) is 6.62. The average molecular weight is 351 g/mol. The molecule has 0 saturated heterocycles. The fourth-order valence-corrected chi connectivity index (χ4v) is 3.79. The van der Waals surface area contributed by atoms with Gasteiger partial charge in [0.25, 0.3) is 11.6 Å². The molecule has 2 heterocycles. The van der Waals surface area contributed by atoms with Crippen molar-refractivity contribution in [3.63, 3.8) is 0 Å². The van der Waals surface area contributed by atoms with Gasteiger partial charge in [0.2, 0.25) is 5.91 Å². The highest BCUT2D eigenvalue weighted by atomic mass is 16.6. The quantitative estimate of drug-likeness (QED) is 0.679. The third kappa shape index (κ3) is 2.44.